The van der Waals surface area contributed by atoms with Gasteiger partial charge in [0.2, 0.25) is 17.2 Å². The van der Waals surface area contributed by atoms with Crippen LogP contribution in [0.15, 0.2) is 0 Å². The number of hydrogen-bond donors (Lipinski definition) is 3. The number of nitrogens with zero attached hydrogens (tertiary/aromatic N) is 3. The van der Waals surface area contributed by atoms with E-state index in [2.05, 4.69) is 20.3 Å². The Labute approximate surface area is 105 Å². The van der Waals surface area contributed by atoms with Crippen LogP contribution < -0.4 is 11.1 Å². The third-order valence-corrected chi connectivity index (χ3v) is 3.16. The molecule has 1 saturated carbocycles. The molecule has 0 saturated heterocycles. The minimum atomic E-state index is -0.131. The minimum absolute atomic E-state index is 0.0964. The van der Waals surface area contributed by atoms with Crippen molar-refractivity contribution in [1.29, 1.82) is 0 Å². The predicted octanol–water partition coefficient (Wildman–Crippen LogP) is 1.07. The standard InChI is InChI=1S/C10H16ClN5O/c11-8-14-9(12)16-10(15-8)13-5-6-1-3-7(17)4-2-6/h6-7,17H,1-5H2,(H3,12,13,14,15,16). The summed E-state index contributed by atoms with van der Waals surface area (Å²) in [5, 5.41) is 12.6. The summed E-state index contributed by atoms with van der Waals surface area (Å²) in [4.78, 5) is 11.6. The smallest absolute Gasteiger partial charge is 0.228 e. The first kappa shape index (κ1) is 12.3. The number of rotatable bonds is 3. The molecule has 0 amide bonds. The van der Waals surface area contributed by atoms with Gasteiger partial charge in [-0.3, -0.25) is 0 Å². The van der Waals surface area contributed by atoms with Crippen molar-refractivity contribution < 1.29 is 5.11 Å². The summed E-state index contributed by atoms with van der Waals surface area (Å²) in [5.41, 5.74) is 5.47. The number of anilines is 2. The summed E-state index contributed by atoms with van der Waals surface area (Å²) in [6.45, 7) is 0.770. The molecule has 17 heavy (non-hydrogen) atoms. The van der Waals surface area contributed by atoms with Crippen molar-refractivity contribution in [3.05, 3.63) is 5.28 Å². The Morgan fingerprint density at radius 1 is 1.24 bits per heavy atom. The van der Waals surface area contributed by atoms with Gasteiger partial charge in [0.15, 0.2) is 0 Å². The van der Waals surface area contributed by atoms with Gasteiger partial charge in [0.1, 0.15) is 0 Å². The first-order valence-corrected chi connectivity index (χ1v) is 6.10. The second-order valence-electron chi connectivity index (χ2n) is 4.34. The van der Waals surface area contributed by atoms with E-state index in [1.807, 2.05) is 0 Å². The predicted molar refractivity (Wildman–Crippen MR) is 65.7 cm³/mol. The Morgan fingerprint density at radius 3 is 2.59 bits per heavy atom. The summed E-state index contributed by atoms with van der Waals surface area (Å²) in [5.74, 6) is 1.07. The molecule has 2 rings (SSSR count). The lowest BCUT2D eigenvalue weighted by Crippen LogP contribution is -2.24. The highest BCUT2D eigenvalue weighted by molar-refractivity contribution is 6.28. The molecule has 0 aromatic carbocycles. The lowest BCUT2D eigenvalue weighted by Gasteiger charge is -2.25. The van der Waals surface area contributed by atoms with E-state index in [0.29, 0.717) is 11.9 Å². The molecule has 0 radical (unpaired) electrons. The van der Waals surface area contributed by atoms with E-state index in [0.717, 1.165) is 32.2 Å². The van der Waals surface area contributed by atoms with Gasteiger partial charge in [0.25, 0.3) is 0 Å². The molecule has 0 aliphatic heterocycles. The van der Waals surface area contributed by atoms with Gasteiger partial charge in [0.05, 0.1) is 6.10 Å². The maximum absolute atomic E-state index is 9.40. The minimum Gasteiger partial charge on any atom is -0.393 e. The molecule has 0 atom stereocenters. The first-order valence-electron chi connectivity index (χ1n) is 5.72. The Morgan fingerprint density at radius 2 is 1.94 bits per heavy atom. The molecule has 1 aliphatic rings. The Kier molecular flexibility index (Phi) is 3.96. The second-order valence-corrected chi connectivity index (χ2v) is 4.68. The van der Waals surface area contributed by atoms with Crippen molar-refractivity contribution in [2.75, 3.05) is 17.6 Å². The van der Waals surface area contributed by atoms with Crippen LogP contribution >= 0.6 is 11.6 Å². The van der Waals surface area contributed by atoms with E-state index in [9.17, 15) is 5.11 Å². The third-order valence-electron chi connectivity index (χ3n) is 2.99. The number of nitrogens with one attached hydrogen (secondary N) is 1. The Hall–Kier alpha value is -1.14. The van der Waals surface area contributed by atoms with Gasteiger partial charge in [-0.2, -0.15) is 15.0 Å². The fourth-order valence-electron chi connectivity index (χ4n) is 2.03. The molecule has 0 spiro atoms. The van der Waals surface area contributed by atoms with Gasteiger partial charge in [-0.25, -0.2) is 0 Å². The molecule has 1 heterocycles. The topological polar surface area (TPSA) is 97.0 Å². The van der Waals surface area contributed by atoms with Crippen LogP contribution in [0.5, 0.6) is 0 Å². The number of nitrogens with two attached hydrogens (primary N) is 1. The monoisotopic (exact) mass is 257 g/mol. The van der Waals surface area contributed by atoms with Crippen LogP contribution in [-0.2, 0) is 0 Å². The molecule has 4 N–H and O–H groups in total. The summed E-state index contributed by atoms with van der Waals surface area (Å²) >= 11 is 5.68. The summed E-state index contributed by atoms with van der Waals surface area (Å²) in [7, 11) is 0. The maximum atomic E-state index is 9.40. The Balaban J connectivity index is 1.85. The van der Waals surface area contributed by atoms with Crippen molar-refractivity contribution in [3.63, 3.8) is 0 Å². The van der Waals surface area contributed by atoms with Crippen molar-refractivity contribution in [2.45, 2.75) is 31.8 Å². The van der Waals surface area contributed by atoms with E-state index < -0.39 is 0 Å². The SMILES string of the molecule is Nc1nc(Cl)nc(NCC2CCC(O)CC2)n1. The number of aliphatic hydroxyl groups excluding tert-OH is 1. The zero-order valence-electron chi connectivity index (χ0n) is 9.43. The second kappa shape index (κ2) is 5.46. The van der Waals surface area contributed by atoms with Gasteiger partial charge in [-0.05, 0) is 43.2 Å². The molecule has 0 bridgehead atoms. The van der Waals surface area contributed by atoms with Crippen LogP contribution in [0.1, 0.15) is 25.7 Å². The van der Waals surface area contributed by atoms with Crippen LogP contribution in [0, 0.1) is 5.92 Å². The highest BCUT2D eigenvalue weighted by atomic mass is 35.5. The molecule has 0 unspecified atom stereocenters. The third kappa shape index (κ3) is 3.67. The highest BCUT2D eigenvalue weighted by Gasteiger charge is 2.19. The summed E-state index contributed by atoms with van der Waals surface area (Å²) < 4.78 is 0. The zero-order chi connectivity index (χ0) is 12.3. The molecule has 6 nitrogen and oxygen atoms in total. The highest BCUT2D eigenvalue weighted by Crippen LogP contribution is 2.24. The van der Waals surface area contributed by atoms with Gasteiger partial charge in [-0.15, -0.1) is 0 Å². The number of halogens is 1. The summed E-state index contributed by atoms with van der Waals surface area (Å²) in [6.07, 6.45) is 3.64. The van der Waals surface area contributed by atoms with Crippen LogP contribution in [-0.4, -0.2) is 32.7 Å². The fraction of sp³-hybridized carbons (Fsp3) is 0.700. The fourth-order valence-corrected chi connectivity index (χ4v) is 2.20. The number of aromatic nitrogens is 3. The molecule has 94 valence electrons. The molecule has 1 aromatic rings. The lowest BCUT2D eigenvalue weighted by molar-refractivity contribution is 0.111. The van der Waals surface area contributed by atoms with Gasteiger partial charge < -0.3 is 16.2 Å². The average Bonchev–Trinajstić information content (AvgIpc) is 2.27. The normalized spacial score (nSPS) is 24.6. The van der Waals surface area contributed by atoms with E-state index in [-0.39, 0.29) is 17.3 Å². The maximum Gasteiger partial charge on any atom is 0.228 e. The Bertz CT molecular complexity index is 361. The van der Waals surface area contributed by atoms with E-state index >= 15 is 0 Å². The van der Waals surface area contributed by atoms with Gasteiger partial charge in [-0.1, -0.05) is 0 Å². The zero-order valence-corrected chi connectivity index (χ0v) is 10.2. The van der Waals surface area contributed by atoms with E-state index in [1.165, 1.54) is 0 Å². The van der Waals surface area contributed by atoms with Crippen molar-refractivity contribution >= 4 is 23.5 Å². The van der Waals surface area contributed by atoms with Crippen LogP contribution in [0.2, 0.25) is 5.28 Å². The quantitative estimate of drug-likeness (QED) is 0.750. The van der Waals surface area contributed by atoms with Crippen LogP contribution in [0.25, 0.3) is 0 Å². The van der Waals surface area contributed by atoms with Crippen molar-refractivity contribution in [2.24, 2.45) is 5.92 Å². The van der Waals surface area contributed by atoms with Crippen molar-refractivity contribution in [3.8, 4) is 0 Å². The van der Waals surface area contributed by atoms with Crippen LogP contribution in [0.4, 0.5) is 11.9 Å². The number of aliphatic hydroxyl groups is 1. The lowest BCUT2D eigenvalue weighted by atomic mass is 9.87. The average molecular weight is 258 g/mol. The largest absolute Gasteiger partial charge is 0.393 e. The summed E-state index contributed by atoms with van der Waals surface area (Å²) in [6, 6.07) is 0. The van der Waals surface area contributed by atoms with Gasteiger partial charge >= 0.3 is 0 Å². The molecule has 1 aliphatic carbocycles. The first-order chi connectivity index (χ1) is 8.13. The molecule has 7 heteroatoms. The number of hydrogen-bond acceptors (Lipinski definition) is 6. The molecule has 1 fully saturated rings. The molecular weight excluding hydrogens is 242 g/mol. The molecular formula is C10H16ClN5O. The molecule has 1 aromatic heterocycles. The number of nitrogen functional groups attached to an aromatic ring is 1. The van der Waals surface area contributed by atoms with Crippen molar-refractivity contribution in [1.82, 2.24) is 15.0 Å². The van der Waals surface area contributed by atoms with E-state index in [4.69, 9.17) is 17.3 Å². The van der Waals surface area contributed by atoms with E-state index in [1.54, 1.807) is 0 Å². The van der Waals surface area contributed by atoms with Gasteiger partial charge in [0, 0.05) is 6.54 Å². The van der Waals surface area contributed by atoms with Crippen LogP contribution in [0.3, 0.4) is 0 Å².